The largest absolute Gasteiger partial charge is 0.444 e. The molecule has 4 unspecified atom stereocenters. The zero-order chi connectivity index (χ0) is 27.0. The molecule has 0 heterocycles. The van der Waals surface area contributed by atoms with Crippen LogP contribution < -0.4 is 10.6 Å². The number of carbonyl (C=O) groups excluding carboxylic acids is 3. The summed E-state index contributed by atoms with van der Waals surface area (Å²) in [4.78, 5) is 42.1. The number of unbranched alkanes of at least 4 members (excludes halogenated alkanes) is 2. The molecule has 0 radical (unpaired) electrons. The molecule has 3 amide bonds. The second-order valence-corrected chi connectivity index (χ2v) is 11.7. The van der Waals surface area contributed by atoms with Crippen LogP contribution in [0.25, 0.3) is 0 Å². The van der Waals surface area contributed by atoms with E-state index in [0.29, 0.717) is 13.0 Å². The molecular formula is C29H47N3O4. The van der Waals surface area contributed by atoms with Crippen molar-refractivity contribution in [3.63, 3.8) is 0 Å². The van der Waals surface area contributed by atoms with Gasteiger partial charge in [0.05, 0.1) is 0 Å². The van der Waals surface area contributed by atoms with Crippen LogP contribution in [0.2, 0.25) is 0 Å². The first-order valence-electron chi connectivity index (χ1n) is 13.5. The molecule has 0 aliphatic heterocycles. The van der Waals surface area contributed by atoms with Crippen LogP contribution in [0.5, 0.6) is 0 Å². The fraction of sp³-hybridized carbons (Fsp3) is 0.690. The molecule has 36 heavy (non-hydrogen) atoms. The molecule has 7 nitrogen and oxygen atoms in total. The Bertz CT molecular complexity index is 876. The summed E-state index contributed by atoms with van der Waals surface area (Å²) in [5.74, 6) is 0.0326. The molecule has 202 valence electrons. The molecule has 0 saturated heterocycles. The van der Waals surface area contributed by atoms with Gasteiger partial charge in [-0.3, -0.25) is 9.59 Å². The first kappa shape index (κ1) is 29.7. The van der Waals surface area contributed by atoms with Crippen LogP contribution in [0.3, 0.4) is 0 Å². The SMILES string of the molecule is CCCCCNC(=O)C(c1ccc(C)cc1)N(C(=O)C(CC(C)C)NC(=O)OC(C)(C)C)C1CC1C. The average Bonchev–Trinajstić information content (AvgIpc) is 3.49. The summed E-state index contributed by atoms with van der Waals surface area (Å²) in [6.45, 7) is 16.2. The summed E-state index contributed by atoms with van der Waals surface area (Å²) < 4.78 is 5.46. The number of ether oxygens (including phenoxy) is 1. The van der Waals surface area contributed by atoms with Gasteiger partial charge in [0.2, 0.25) is 11.8 Å². The Hall–Kier alpha value is -2.57. The van der Waals surface area contributed by atoms with Gasteiger partial charge in [-0.15, -0.1) is 0 Å². The maximum absolute atomic E-state index is 14.1. The number of nitrogens with one attached hydrogen (secondary N) is 2. The first-order valence-corrected chi connectivity index (χ1v) is 13.5. The van der Waals surface area contributed by atoms with E-state index >= 15 is 0 Å². The Kier molecular flexibility index (Phi) is 10.8. The van der Waals surface area contributed by atoms with Gasteiger partial charge in [-0.05, 0) is 64.4 Å². The smallest absolute Gasteiger partial charge is 0.408 e. The lowest BCUT2D eigenvalue weighted by Gasteiger charge is -2.35. The van der Waals surface area contributed by atoms with E-state index in [1.54, 1.807) is 25.7 Å². The average molecular weight is 502 g/mol. The molecule has 1 aliphatic rings. The number of nitrogens with zero attached hydrogens (tertiary/aromatic N) is 1. The van der Waals surface area contributed by atoms with Crippen LogP contribution in [0.15, 0.2) is 24.3 Å². The molecule has 1 aromatic carbocycles. The number of hydrogen-bond donors (Lipinski definition) is 2. The first-order chi connectivity index (χ1) is 16.8. The summed E-state index contributed by atoms with van der Waals surface area (Å²) in [5, 5.41) is 5.88. The molecule has 7 heteroatoms. The quantitative estimate of drug-likeness (QED) is 0.369. The third-order valence-electron chi connectivity index (χ3n) is 6.37. The van der Waals surface area contributed by atoms with Gasteiger partial charge in [0.25, 0.3) is 0 Å². The maximum atomic E-state index is 14.1. The van der Waals surface area contributed by atoms with Crippen molar-refractivity contribution in [2.24, 2.45) is 11.8 Å². The maximum Gasteiger partial charge on any atom is 0.408 e. The lowest BCUT2D eigenvalue weighted by molar-refractivity contribution is -0.143. The zero-order valence-corrected chi connectivity index (χ0v) is 23.5. The molecule has 1 aromatic rings. The second kappa shape index (κ2) is 13.1. The van der Waals surface area contributed by atoms with Crippen molar-refractivity contribution in [3.8, 4) is 0 Å². The highest BCUT2D eigenvalue weighted by Gasteiger charge is 2.48. The molecule has 0 aromatic heterocycles. The van der Waals surface area contributed by atoms with Crippen LogP contribution in [0.1, 0.15) is 97.7 Å². The molecule has 2 rings (SSSR count). The van der Waals surface area contributed by atoms with Crippen molar-refractivity contribution in [2.75, 3.05) is 6.54 Å². The molecular weight excluding hydrogens is 454 g/mol. The van der Waals surface area contributed by atoms with Gasteiger partial charge in [-0.1, -0.05) is 70.4 Å². The van der Waals surface area contributed by atoms with E-state index in [4.69, 9.17) is 4.74 Å². The molecule has 0 bridgehead atoms. The number of amides is 3. The number of hydrogen-bond acceptors (Lipinski definition) is 4. The van der Waals surface area contributed by atoms with E-state index in [1.165, 1.54) is 0 Å². The molecule has 1 fully saturated rings. The van der Waals surface area contributed by atoms with E-state index in [9.17, 15) is 14.4 Å². The van der Waals surface area contributed by atoms with Crippen molar-refractivity contribution in [3.05, 3.63) is 35.4 Å². The molecule has 1 saturated carbocycles. The van der Waals surface area contributed by atoms with E-state index in [-0.39, 0.29) is 29.7 Å². The fourth-order valence-electron chi connectivity index (χ4n) is 4.37. The topological polar surface area (TPSA) is 87.7 Å². The minimum absolute atomic E-state index is 0.0553. The predicted octanol–water partition coefficient (Wildman–Crippen LogP) is 5.52. The van der Waals surface area contributed by atoms with E-state index in [2.05, 4.69) is 24.5 Å². The van der Waals surface area contributed by atoms with Gasteiger partial charge in [-0.2, -0.15) is 0 Å². The van der Waals surface area contributed by atoms with Crippen molar-refractivity contribution in [1.82, 2.24) is 15.5 Å². The van der Waals surface area contributed by atoms with Crippen LogP contribution >= 0.6 is 0 Å². The Balaban J connectivity index is 2.41. The minimum Gasteiger partial charge on any atom is -0.444 e. The molecule has 2 N–H and O–H groups in total. The number of aryl methyl sites for hydroxylation is 1. The lowest BCUT2D eigenvalue weighted by atomic mass is 9.98. The van der Waals surface area contributed by atoms with E-state index in [0.717, 1.165) is 36.8 Å². The summed E-state index contributed by atoms with van der Waals surface area (Å²) in [6, 6.07) is 6.19. The molecule has 0 spiro atoms. The summed E-state index contributed by atoms with van der Waals surface area (Å²) in [7, 11) is 0. The summed E-state index contributed by atoms with van der Waals surface area (Å²) >= 11 is 0. The predicted molar refractivity (Wildman–Crippen MR) is 143 cm³/mol. The highest BCUT2D eigenvalue weighted by Crippen LogP contribution is 2.41. The van der Waals surface area contributed by atoms with Crippen LogP contribution in [0, 0.1) is 18.8 Å². The summed E-state index contributed by atoms with van der Waals surface area (Å²) in [5.41, 5.74) is 1.19. The van der Waals surface area contributed by atoms with E-state index < -0.39 is 23.8 Å². The number of carbonyl (C=O) groups is 3. The fourth-order valence-corrected chi connectivity index (χ4v) is 4.37. The zero-order valence-electron chi connectivity index (χ0n) is 23.5. The highest BCUT2D eigenvalue weighted by atomic mass is 16.6. The minimum atomic E-state index is -0.784. The Morgan fingerprint density at radius 3 is 2.22 bits per heavy atom. The van der Waals surface area contributed by atoms with E-state index in [1.807, 2.05) is 45.0 Å². The van der Waals surface area contributed by atoms with Crippen molar-refractivity contribution in [1.29, 1.82) is 0 Å². The standard InChI is InChI=1S/C29H47N3O4/c1-9-10-11-16-30-26(33)25(22-14-12-20(4)13-15-22)32(24-18-21(24)5)27(34)23(17-19(2)3)31-28(35)36-29(6,7)8/h12-15,19,21,23-25H,9-11,16-18H2,1-8H3,(H,30,33)(H,31,35). The highest BCUT2D eigenvalue weighted by molar-refractivity contribution is 5.92. The van der Waals surface area contributed by atoms with Gasteiger partial charge < -0.3 is 20.3 Å². The molecule has 1 aliphatic carbocycles. The van der Waals surface area contributed by atoms with Gasteiger partial charge in [0.1, 0.15) is 17.7 Å². The summed E-state index contributed by atoms with van der Waals surface area (Å²) in [6.07, 6.45) is 3.66. The Labute approximate surface area is 217 Å². The van der Waals surface area contributed by atoms with Crippen LogP contribution in [-0.4, -0.2) is 47.0 Å². The normalized spacial score (nSPS) is 18.8. The van der Waals surface area contributed by atoms with Gasteiger partial charge in [0.15, 0.2) is 0 Å². The van der Waals surface area contributed by atoms with Gasteiger partial charge in [-0.25, -0.2) is 4.79 Å². The Morgan fingerprint density at radius 2 is 1.72 bits per heavy atom. The van der Waals surface area contributed by atoms with Crippen LogP contribution in [0.4, 0.5) is 4.79 Å². The van der Waals surface area contributed by atoms with Gasteiger partial charge >= 0.3 is 6.09 Å². The number of benzene rings is 1. The van der Waals surface area contributed by atoms with Crippen LogP contribution in [-0.2, 0) is 14.3 Å². The van der Waals surface area contributed by atoms with Crippen molar-refractivity contribution >= 4 is 17.9 Å². The monoisotopic (exact) mass is 501 g/mol. The second-order valence-electron chi connectivity index (χ2n) is 11.7. The third-order valence-corrected chi connectivity index (χ3v) is 6.37. The number of rotatable bonds is 12. The van der Waals surface area contributed by atoms with Crippen molar-refractivity contribution in [2.45, 2.75) is 111 Å². The number of alkyl carbamates (subject to hydrolysis) is 1. The van der Waals surface area contributed by atoms with Gasteiger partial charge in [0, 0.05) is 12.6 Å². The lowest BCUT2D eigenvalue weighted by Crippen LogP contribution is -2.54. The van der Waals surface area contributed by atoms with Crippen molar-refractivity contribution < 1.29 is 19.1 Å². The molecule has 4 atom stereocenters. The third kappa shape index (κ3) is 9.14. The Morgan fingerprint density at radius 1 is 1.11 bits per heavy atom.